The van der Waals surface area contributed by atoms with Crippen LogP contribution in [0.15, 0.2) is 0 Å². The average molecular weight is 732 g/mol. The molecular formula is C38H69NO12. The van der Waals surface area contributed by atoms with Crippen molar-refractivity contribution in [3.05, 3.63) is 0 Å². The van der Waals surface area contributed by atoms with E-state index in [1.165, 1.54) is 21.0 Å². The van der Waals surface area contributed by atoms with Crippen LogP contribution in [0.5, 0.6) is 0 Å². The second-order valence-corrected chi connectivity index (χ2v) is 16.9. The molecule has 0 aliphatic carbocycles. The lowest BCUT2D eigenvalue weighted by Gasteiger charge is -2.49. The minimum absolute atomic E-state index is 0.0107. The molecule has 0 amide bonds. The molecule has 3 heterocycles. The number of cyclic esters (lactones) is 1. The van der Waals surface area contributed by atoms with Crippen LogP contribution in [0.2, 0.25) is 0 Å². The quantitative estimate of drug-likeness (QED) is 0.241. The van der Waals surface area contributed by atoms with Gasteiger partial charge in [0.05, 0.1) is 53.7 Å². The number of hydrogen-bond donors (Lipinski definition) is 5. The summed E-state index contributed by atoms with van der Waals surface area (Å²) in [6.07, 6.45) is -6.92. The van der Waals surface area contributed by atoms with E-state index in [0.29, 0.717) is 6.42 Å². The van der Waals surface area contributed by atoms with Gasteiger partial charge in [0, 0.05) is 31.4 Å². The van der Waals surface area contributed by atoms with Crippen molar-refractivity contribution < 1.29 is 58.8 Å². The first kappa shape index (κ1) is 44.1. The summed E-state index contributed by atoms with van der Waals surface area (Å²) in [4.78, 5) is 29.9. The van der Waals surface area contributed by atoms with Crippen LogP contribution >= 0.6 is 0 Å². The van der Waals surface area contributed by atoms with Crippen LogP contribution in [-0.2, 0) is 33.3 Å². The molecule has 6 unspecified atom stereocenters. The second kappa shape index (κ2) is 17.0. The Morgan fingerprint density at radius 3 is 2.06 bits per heavy atom. The summed E-state index contributed by atoms with van der Waals surface area (Å²) in [6.45, 7) is 16.9. The van der Waals surface area contributed by atoms with Crippen molar-refractivity contribution in [3.63, 3.8) is 0 Å². The maximum absolute atomic E-state index is 14.1. The number of ketones is 1. The lowest BCUT2D eigenvalue weighted by atomic mass is 9.67. The molecule has 0 radical (unpaired) electrons. The van der Waals surface area contributed by atoms with Crippen molar-refractivity contribution in [2.75, 3.05) is 21.2 Å². The topological polar surface area (TPSA) is 185 Å². The van der Waals surface area contributed by atoms with E-state index >= 15 is 0 Å². The zero-order valence-electron chi connectivity index (χ0n) is 33.2. The maximum Gasteiger partial charge on any atom is 0.311 e. The average Bonchev–Trinajstić information content (AvgIpc) is 3.05. The first-order valence-electron chi connectivity index (χ1n) is 18.8. The van der Waals surface area contributed by atoms with Gasteiger partial charge in [-0.1, -0.05) is 27.7 Å². The van der Waals surface area contributed by atoms with E-state index in [2.05, 4.69) is 0 Å². The summed E-state index contributed by atoms with van der Waals surface area (Å²) in [5, 5.41) is 57.9. The lowest BCUT2D eigenvalue weighted by molar-refractivity contribution is -0.299. The number of esters is 1. The fourth-order valence-corrected chi connectivity index (χ4v) is 9.02. The number of nitrogens with zero attached hydrogens (tertiary/aromatic N) is 1. The number of aliphatic hydroxyl groups is 5. The highest BCUT2D eigenvalue weighted by Gasteiger charge is 2.53. The van der Waals surface area contributed by atoms with E-state index in [0.717, 1.165) is 0 Å². The van der Waals surface area contributed by atoms with Gasteiger partial charge in [-0.15, -0.1) is 0 Å². The molecule has 13 heteroatoms. The van der Waals surface area contributed by atoms with Gasteiger partial charge >= 0.3 is 5.97 Å². The number of carbonyl (C=O) groups excluding carboxylic acids is 2. The largest absolute Gasteiger partial charge is 0.459 e. The van der Waals surface area contributed by atoms with Crippen molar-refractivity contribution in [2.45, 2.75) is 179 Å². The highest BCUT2D eigenvalue weighted by Crippen LogP contribution is 2.44. The van der Waals surface area contributed by atoms with Crippen molar-refractivity contribution in [3.8, 4) is 0 Å². The molecule has 0 spiro atoms. The number of aliphatic hydroxyl groups excluding tert-OH is 3. The van der Waals surface area contributed by atoms with Crippen LogP contribution in [0, 0.1) is 29.6 Å². The van der Waals surface area contributed by atoms with Crippen molar-refractivity contribution in [1.82, 2.24) is 4.90 Å². The molecular weight excluding hydrogens is 662 g/mol. The molecule has 0 saturated carbocycles. The number of carbonyl (C=O) groups is 2. The molecule has 3 saturated heterocycles. The molecule has 51 heavy (non-hydrogen) atoms. The Balaban J connectivity index is 2.18. The van der Waals surface area contributed by atoms with Crippen molar-refractivity contribution >= 4 is 11.8 Å². The number of rotatable bonds is 7. The van der Waals surface area contributed by atoms with E-state index in [-0.39, 0.29) is 43.6 Å². The van der Waals surface area contributed by atoms with Crippen LogP contribution in [0.25, 0.3) is 0 Å². The lowest BCUT2D eigenvalue weighted by Crippen LogP contribution is -2.59. The smallest absolute Gasteiger partial charge is 0.311 e. The Morgan fingerprint density at radius 2 is 1.51 bits per heavy atom. The predicted molar refractivity (Wildman–Crippen MR) is 189 cm³/mol. The molecule has 3 rings (SSSR count). The minimum atomic E-state index is -1.97. The third-order valence-corrected chi connectivity index (χ3v) is 12.5. The molecule has 3 aliphatic heterocycles. The third kappa shape index (κ3) is 9.52. The highest BCUT2D eigenvalue weighted by atomic mass is 16.7. The number of Topliss-reactive ketones (excluding diaryl/α,β-unsaturated/α-hetero) is 1. The summed E-state index contributed by atoms with van der Waals surface area (Å²) in [5.41, 5.74) is -4.56. The summed E-state index contributed by atoms with van der Waals surface area (Å²) < 4.78 is 30.9. The van der Waals surface area contributed by atoms with Gasteiger partial charge in [0.1, 0.15) is 23.6 Å². The van der Waals surface area contributed by atoms with E-state index in [1.807, 2.05) is 32.8 Å². The summed E-state index contributed by atoms with van der Waals surface area (Å²) in [5.74, 6) is -5.14. The SMILES string of the molecule is CCC1OC(=O)[C@H](C)[C@@H](O[C@H]2CC(C)(OC)[C@@H](O)C(C)O2)[C@H](C)[C@@H](C[C@@H]2OC(C)CC(N(C)C)C2O)[C@](C)(O)C[C@@H](C)C(=O)[C@H](C)[C@@H](O)[C@]1(C)O. The molecule has 3 fully saturated rings. The van der Waals surface area contributed by atoms with Crippen LogP contribution in [0.1, 0.15) is 101 Å². The molecule has 13 nitrogen and oxygen atoms in total. The Kier molecular flexibility index (Phi) is 14.7. The van der Waals surface area contributed by atoms with Gasteiger partial charge in [0.15, 0.2) is 6.29 Å². The highest BCUT2D eigenvalue weighted by molar-refractivity contribution is 5.83. The monoisotopic (exact) mass is 731 g/mol. The molecule has 0 aromatic rings. The van der Waals surface area contributed by atoms with E-state index < -0.39 is 101 Å². The number of hydrogen-bond acceptors (Lipinski definition) is 13. The summed E-state index contributed by atoms with van der Waals surface area (Å²) >= 11 is 0. The first-order valence-corrected chi connectivity index (χ1v) is 18.8. The van der Waals surface area contributed by atoms with Gasteiger partial charge in [-0.05, 0) is 93.2 Å². The zero-order chi connectivity index (χ0) is 39.0. The second-order valence-electron chi connectivity index (χ2n) is 16.9. The minimum Gasteiger partial charge on any atom is -0.459 e. The molecule has 0 bridgehead atoms. The van der Waals surface area contributed by atoms with Crippen LogP contribution in [0.3, 0.4) is 0 Å². The van der Waals surface area contributed by atoms with Crippen LogP contribution in [0.4, 0.5) is 0 Å². The third-order valence-electron chi connectivity index (χ3n) is 12.5. The molecule has 5 N–H and O–H groups in total. The molecule has 0 aromatic carbocycles. The maximum atomic E-state index is 14.1. The normalized spacial score (nSPS) is 49.7. The molecule has 298 valence electrons. The van der Waals surface area contributed by atoms with Gasteiger partial charge in [-0.2, -0.15) is 0 Å². The van der Waals surface area contributed by atoms with Crippen molar-refractivity contribution in [2.24, 2.45) is 29.6 Å². The van der Waals surface area contributed by atoms with Gasteiger partial charge in [-0.25, -0.2) is 0 Å². The van der Waals surface area contributed by atoms with Gasteiger partial charge in [-0.3, -0.25) is 9.59 Å². The Morgan fingerprint density at radius 1 is 0.902 bits per heavy atom. The molecule has 3 aliphatic rings. The standard InChI is InChI=1S/C38H69NO12/c1-14-28-38(10,46)33(42)22(5)30(40)19(2)17-36(8,45)25(16-27-31(41)26(39(11)12)15-20(3)48-27)21(4)32(23(6)35(44)50-28)51-29-18-37(9,47-13)34(43)24(7)49-29/h19-29,31-34,41-43,45-46H,14-18H2,1-13H3/t19-,20?,21-,22+,23-,24?,25-,26?,27+,28?,29+,31?,32+,33-,34+,36-,37?,38-/m1/s1. The number of methoxy groups -OCH3 is 1. The Hall–Kier alpha value is -1.26. The zero-order valence-corrected chi connectivity index (χ0v) is 33.2. The van der Waals surface area contributed by atoms with Gasteiger partial charge in [0.2, 0.25) is 0 Å². The summed E-state index contributed by atoms with van der Waals surface area (Å²) in [7, 11) is 5.31. The van der Waals surface area contributed by atoms with E-state index in [4.69, 9.17) is 23.7 Å². The molecule has 0 aromatic heterocycles. The Labute approximate surface area is 305 Å². The van der Waals surface area contributed by atoms with Crippen LogP contribution in [-0.4, -0.2) is 141 Å². The summed E-state index contributed by atoms with van der Waals surface area (Å²) in [6, 6.07) is -0.199. The fourth-order valence-electron chi connectivity index (χ4n) is 9.02. The Bertz CT molecular complexity index is 1170. The van der Waals surface area contributed by atoms with Gasteiger partial charge < -0.3 is 54.1 Å². The van der Waals surface area contributed by atoms with Gasteiger partial charge in [0.25, 0.3) is 0 Å². The first-order chi connectivity index (χ1) is 23.4. The fraction of sp³-hybridized carbons (Fsp3) is 0.947. The predicted octanol–water partition coefficient (Wildman–Crippen LogP) is 2.45. The van der Waals surface area contributed by atoms with Crippen molar-refractivity contribution in [1.29, 1.82) is 0 Å². The number of likely N-dealkylation sites (N-methyl/N-ethyl adjacent to an activating group) is 1. The number of ether oxygens (including phenoxy) is 5. The van der Waals surface area contributed by atoms with Crippen LogP contribution < -0.4 is 0 Å². The van der Waals surface area contributed by atoms with E-state index in [9.17, 15) is 35.1 Å². The van der Waals surface area contributed by atoms with E-state index in [1.54, 1.807) is 41.5 Å². The molecule has 18 atom stereocenters.